The molecular formula is C24H21Cl2N3O. The van der Waals surface area contributed by atoms with Crippen molar-refractivity contribution in [2.24, 2.45) is 0 Å². The minimum Gasteiger partial charge on any atom is -0.339 e. The number of benzene rings is 3. The molecule has 0 N–H and O–H groups in total. The fraction of sp³-hybridized carbons (Fsp3) is 0.167. The quantitative estimate of drug-likeness (QED) is 0.378. The molecule has 0 spiro atoms. The first-order valence-corrected chi connectivity index (χ1v) is 10.4. The number of carbonyl (C=O) groups is 1. The number of hydrogen-bond acceptors (Lipinski definition) is 2. The lowest BCUT2D eigenvalue weighted by Gasteiger charge is -2.26. The Kier molecular flexibility index (Phi) is 5.80. The molecule has 0 bridgehead atoms. The minimum absolute atomic E-state index is 0.0396. The number of hydrogen-bond donors (Lipinski definition) is 0. The number of likely N-dealkylation sites (N-methyl/N-ethyl adjacent to an activating group) is 1. The predicted octanol–water partition coefficient (Wildman–Crippen LogP) is 6.09. The van der Waals surface area contributed by atoms with E-state index in [0.717, 1.165) is 22.3 Å². The third-order valence-corrected chi connectivity index (χ3v) is 6.18. The highest BCUT2D eigenvalue weighted by Gasteiger charge is 2.20. The van der Waals surface area contributed by atoms with Gasteiger partial charge in [0.1, 0.15) is 6.33 Å². The summed E-state index contributed by atoms with van der Waals surface area (Å²) in [7, 11) is 1.80. The van der Waals surface area contributed by atoms with E-state index in [1.54, 1.807) is 30.1 Å². The smallest absolute Gasteiger partial charge is 0.227 e. The SMILES string of the molecule is CC(c1ccc(-n2cnc3ccccc32)cc1)N(C)C(=O)Cc1c(Cl)cccc1Cl. The van der Waals surface area contributed by atoms with Crippen LogP contribution in [0.2, 0.25) is 10.0 Å². The van der Waals surface area contributed by atoms with Gasteiger partial charge in [0.25, 0.3) is 0 Å². The molecule has 0 aliphatic heterocycles. The Balaban J connectivity index is 1.51. The summed E-state index contributed by atoms with van der Waals surface area (Å²) in [5, 5.41) is 1.02. The van der Waals surface area contributed by atoms with Crippen molar-refractivity contribution in [2.75, 3.05) is 7.05 Å². The molecule has 3 aromatic carbocycles. The third kappa shape index (κ3) is 3.93. The molecule has 1 unspecified atom stereocenters. The van der Waals surface area contributed by atoms with Crippen LogP contribution in [0.4, 0.5) is 0 Å². The number of fused-ring (bicyclic) bond motifs is 1. The van der Waals surface area contributed by atoms with Crippen molar-refractivity contribution >= 4 is 40.1 Å². The van der Waals surface area contributed by atoms with Crippen molar-refractivity contribution in [3.63, 3.8) is 0 Å². The molecule has 6 heteroatoms. The van der Waals surface area contributed by atoms with Crippen LogP contribution in [-0.2, 0) is 11.2 Å². The van der Waals surface area contributed by atoms with Gasteiger partial charge in [-0.15, -0.1) is 0 Å². The van der Waals surface area contributed by atoms with Crippen molar-refractivity contribution < 1.29 is 4.79 Å². The van der Waals surface area contributed by atoms with Gasteiger partial charge in [0.2, 0.25) is 5.91 Å². The molecule has 0 saturated carbocycles. The van der Waals surface area contributed by atoms with E-state index in [-0.39, 0.29) is 18.4 Å². The topological polar surface area (TPSA) is 38.1 Å². The van der Waals surface area contributed by atoms with Crippen molar-refractivity contribution in [3.05, 3.63) is 94.2 Å². The van der Waals surface area contributed by atoms with E-state index in [0.29, 0.717) is 15.6 Å². The zero-order valence-electron chi connectivity index (χ0n) is 16.7. The summed E-state index contributed by atoms with van der Waals surface area (Å²) in [5.74, 6) is -0.0396. The molecule has 1 heterocycles. The van der Waals surface area contributed by atoms with Gasteiger partial charge in [0, 0.05) is 22.8 Å². The van der Waals surface area contributed by atoms with Gasteiger partial charge in [-0.25, -0.2) is 4.98 Å². The maximum atomic E-state index is 12.8. The second-order valence-electron chi connectivity index (χ2n) is 7.25. The second kappa shape index (κ2) is 8.50. The standard InChI is InChI=1S/C24H21Cl2N3O/c1-16(28(2)24(30)14-19-20(25)6-5-7-21(19)26)17-10-12-18(13-11-17)29-15-27-22-8-3-4-9-23(22)29/h3-13,15-16H,14H2,1-2H3. The number of amides is 1. The summed E-state index contributed by atoms with van der Waals surface area (Å²) in [6.07, 6.45) is 1.99. The molecule has 1 atom stereocenters. The number of imidazole rings is 1. The molecule has 4 rings (SSSR count). The van der Waals surface area contributed by atoms with E-state index in [4.69, 9.17) is 23.2 Å². The first-order valence-electron chi connectivity index (χ1n) is 9.66. The largest absolute Gasteiger partial charge is 0.339 e. The van der Waals surface area contributed by atoms with Crippen LogP contribution >= 0.6 is 23.2 Å². The van der Waals surface area contributed by atoms with Crippen LogP contribution in [0.1, 0.15) is 24.1 Å². The highest BCUT2D eigenvalue weighted by Crippen LogP contribution is 2.27. The van der Waals surface area contributed by atoms with Gasteiger partial charge in [-0.3, -0.25) is 9.36 Å². The highest BCUT2D eigenvalue weighted by atomic mass is 35.5. The number of nitrogens with zero attached hydrogens (tertiary/aromatic N) is 3. The molecule has 0 saturated heterocycles. The number of para-hydroxylation sites is 2. The molecule has 0 radical (unpaired) electrons. The molecule has 0 fully saturated rings. The number of rotatable bonds is 5. The molecule has 4 aromatic rings. The predicted molar refractivity (Wildman–Crippen MR) is 122 cm³/mol. The summed E-state index contributed by atoms with van der Waals surface area (Å²) in [4.78, 5) is 19.0. The van der Waals surface area contributed by atoms with Gasteiger partial charge in [-0.05, 0) is 54.4 Å². The van der Waals surface area contributed by atoms with Crippen LogP contribution < -0.4 is 0 Å². The van der Waals surface area contributed by atoms with E-state index < -0.39 is 0 Å². The summed E-state index contributed by atoms with van der Waals surface area (Å²) < 4.78 is 2.05. The lowest BCUT2D eigenvalue weighted by Crippen LogP contribution is -2.31. The molecule has 1 aromatic heterocycles. The Labute approximate surface area is 185 Å². The van der Waals surface area contributed by atoms with Gasteiger partial charge in [0.15, 0.2) is 0 Å². The number of aromatic nitrogens is 2. The maximum absolute atomic E-state index is 12.8. The van der Waals surface area contributed by atoms with Gasteiger partial charge in [-0.1, -0.05) is 53.5 Å². The van der Waals surface area contributed by atoms with E-state index in [1.807, 2.05) is 61.8 Å². The highest BCUT2D eigenvalue weighted by molar-refractivity contribution is 6.36. The summed E-state index contributed by atoms with van der Waals surface area (Å²) in [5.41, 5.74) is 4.74. The van der Waals surface area contributed by atoms with Gasteiger partial charge in [0.05, 0.1) is 23.5 Å². The molecule has 0 aliphatic rings. The van der Waals surface area contributed by atoms with Crippen LogP contribution in [0.15, 0.2) is 73.1 Å². The Morgan fingerprint density at radius 1 is 1.00 bits per heavy atom. The van der Waals surface area contributed by atoms with Crippen molar-refractivity contribution in [1.29, 1.82) is 0 Å². The summed E-state index contributed by atoms with van der Waals surface area (Å²) in [6, 6.07) is 21.4. The lowest BCUT2D eigenvalue weighted by atomic mass is 10.1. The maximum Gasteiger partial charge on any atom is 0.227 e. The summed E-state index contributed by atoms with van der Waals surface area (Å²) in [6.45, 7) is 2.01. The summed E-state index contributed by atoms with van der Waals surface area (Å²) >= 11 is 12.4. The molecule has 1 amide bonds. The average molecular weight is 438 g/mol. The zero-order chi connectivity index (χ0) is 21.3. The first kappa shape index (κ1) is 20.5. The molecule has 152 valence electrons. The third-order valence-electron chi connectivity index (χ3n) is 5.47. The average Bonchev–Trinajstić information content (AvgIpc) is 3.19. The Bertz CT molecular complexity index is 1180. The molecule has 4 nitrogen and oxygen atoms in total. The van der Waals surface area contributed by atoms with Crippen LogP contribution in [0.25, 0.3) is 16.7 Å². The second-order valence-corrected chi connectivity index (χ2v) is 8.07. The van der Waals surface area contributed by atoms with Crippen molar-refractivity contribution in [3.8, 4) is 5.69 Å². The first-order chi connectivity index (χ1) is 14.5. The van der Waals surface area contributed by atoms with Crippen LogP contribution in [0.5, 0.6) is 0 Å². The Morgan fingerprint density at radius 3 is 2.37 bits per heavy atom. The van der Waals surface area contributed by atoms with Gasteiger partial charge in [-0.2, -0.15) is 0 Å². The molecule has 0 aliphatic carbocycles. The van der Waals surface area contributed by atoms with Crippen molar-refractivity contribution in [1.82, 2.24) is 14.5 Å². The van der Waals surface area contributed by atoms with E-state index in [2.05, 4.69) is 9.55 Å². The Hall–Kier alpha value is -2.82. The minimum atomic E-state index is -0.0904. The van der Waals surface area contributed by atoms with Crippen LogP contribution in [0, 0.1) is 0 Å². The molecule has 30 heavy (non-hydrogen) atoms. The monoisotopic (exact) mass is 437 g/mol. The molecular weight excluding hydrogens is 417 g/mol. The van der Waals surface area contributed by atoms with Crippen molar-refractivity contribution in [2.45, 2.75) is 19.4 Å². The fourth-order valence-electron chi connectivity index (χ4n) is 3.50. The van der Waals surface area contributed by atoms with Crippen LogP contribution in [-0.4, -0.2) is 27.4 Å². The van der Waals surface area contributed by atoms with E-state index >= 15 is 0 Å². The number of carbonyl (C=O) groups excluding carboxylic acids is 1. The number of halogens is 2. The lowest BCUT2D eigenvalue weighted by molar-refractivity contribution is -0.131. The van der Waals surface area contributed by atoms with E-state index in [9.17, 15) is 4.79 Å². The van der Waals surface area contributed by atoms with E-state index in [1.165, 1.54) is 0 Å². The van der Waals surface area contributed by atoms with Crippen LogP contribution in [0.3, 0.4) is 0 Å². The van der Waals surface area contributed by atoms with Gasteiger partial charge >= 0.3 is 0 Å². The normalized spacial score (nSPS) is 12.1. The fourth-order valence-corrected chi connectivity index (χ4v) is 4.03. The Morgan fingerprint density at radius 2 is 1.67 bits per heavy atom. The van der Waals surface area contributed by atoms with Gasteiger partial charge < -0.3 is 4.90 Å². The zero-order valence-corrected chi connectivity index (χ0v) is 18.2.